The molecule has 1 aliphatic rings. The molecular weight excluding hydrogens is 450 g/mol. The fourth-order valence-electron chi connectivity index (χ4n) is 4.06. The molecule has 0 saturated carbocycles. The largest absolute Gasteiger partial charge is 0.340 e. The number of likely N-dealkylation sites (N-methyl/N-ethyl adjacent to an activating group) is 1. The molecule has 1 aromatic heterocycles. The average Bonchev–Trinajstić information content (AvgIpc) is 2.88. The first kappa shape index (κ1) is 24.9. The summed E-state index contributed by atoms with van der Waals surface area (Å²) in [5.41, 5.74) is 2.83. The lowest BCUT2D eigenvalue weighted by molar-refractivity contribution is -0.111. The Balaban J connectivity index is 1.73. The monoisotopic (exact) mass is 479 g/mol. The lowest BCUT2D eigenvalue weighted by Crippen LogP contribution is -2.53. The van der Waals surface area contributed by atoms with Gasteiger partial charge in [0.25, 0.3) is 0 Å². The van der Waals surface area contributed by atoms with E-state index in [1.54, 1.807) is 18.2 Å². The van der Waals surface area contributed by atoms with Crippen LogP contribution in [0.25, 0.3) is 10.9 Å². The third-order valence-corrected chi connectivity index (χ3v) is 6.27. The van der Waals surface area contributed by atoms with Crippen molar-refractivity contribution < 1.29 is 4.79 Å². The molecule has 0 atom stereocenters. The van der Waals surface area contributed by atoms with Crippen LogP contribution in [0.1, 0.15) is 25.0 Å². The van der Waals surface area contributed by atoms with Gasteiger partial charge in [0.15, 0.2) is 0 Å². The maximum atomic E-state index is 12.2. The van der Waals surface area contributed by atoms with Crippen molar-refractivity contribution in [2.75, 3.05) is 43.9 Å². The van der Waals surface area contributed by atoms with Gasteiger partial charge in [-0.05, 0) is 57.3 Å². The smallest absolute Gasteiger partial charge is 0.247 e. The third-order valence-electron chi connectivity index (χ3n) is 6.27. The first-order valence-electron chi connectivity index (χ1n) is 11.8. The Morgan fingerprint density at radius 3 is 2.67 bits per heavy atom. The Bertz CT molecular complexity index is 1400. The maximum absolute atomic E-state index is 12.2. The second-order valence-corrected chi connectivity index (χ2v) is 9.25. The number of hydrogen-bond acceptors (Lipinski definition) is 7. The molecule has 2 N–H and O–H groups in total. The predicted molar refractivity (Wildman–Crippen MR) is 143 cm³/mol. The van der Waals surface area contributed by atoms with Crippen LogP contribution in [-0.2, 0) is 4.79 Å². The number of fused-ring (bicyclic) bond motifs is 1. The van der Waals surface area contributed by atoms with E-state index in [-0.39, 0.29) is 11.4 Å². The van der Waals surface area contributed by atoms with E-state index in [9.17, 15) is 10.1 Å². The molecule has 2 heterocycles. The highest BCUT2D eigenvalue weighted by Gasteiger charge is 2.27. The fraction of sp³-hybridized carbons (Fsp3) is 0.286. The van der Waals surface area contributed by atoms with Gasteiger partial charge < -0.3 is 15.5 Å². The zero-order valence-corrected chi connectivity index (χ0v) is 20.8. The van der Waals surface area contributed by atoms with Gasteiger partial charge in [0.1, 0.15) is 12.1 Å². The number of nitrogens with one attached hydrogen (secondary N) is 2. The molecule has 8 nitrogen and oxygen atoms in total. The summed E-state index contributed by atoms with van der Waals surface area (Å²) in [6.45, 7) is 11.7. The summed E-state index contributed by atoms with van der Waals surface area (Å²) >= 11 is 0. The van der Waals surface area contributed by atoms with Crippen molar-refractivity contribution in [2.24, 2.45) is 0 Å². The zero-order chi connectivity index (χ0) is 25.7. The highest BCUT2D eigenvalue weighted by Crippen LogP contribution is 2.29. The number of hydrogen-bond donors (Lipinski definition) is 2. The average molecular weight is 480 g/mol. The van der Waals surface area contributed by atoms with Gasteiger partial charge in [0.05, 0.1) is 33.9 Å². The Hall–Kier alpha value is -4.24. The van der Waals surface area contributed by atoms with Gasteiger partial charge >= 0.3 is 0 Å². The van der Waals surface area contributed by atoms with Crippen molar-refractivity contribution in [1.29, 1.82) is 5.26 Å². The number of anilines is 3. The number of amides is 1. The van der Waals surface area contributed by atoms with Gasteiger partial charge in [0, 0.05) is 37.3 Å². The molecule has 1 aliphatic heterocycles. The molecule has 3 aromatic rings. The summed E-state index contributed by atoms with van der Waals surface area (Å²) in [6.07, 6.45) is 2.70. The topological polar surface area (TPSA) is 97.2 Å². The Labute approximate surface area is 211 Å². The molecule has 2 aromatic carbocycles. The molecule has 36 heavy (non-hydrogen) atoms. The Morgan fingerprint density at radius 2 is 1.94 bits per heavy atom. The maximum Gasteiger partial charge on any atom is 0.247 e. The summed E-state index contributed by atoms with van der Waals surface area (Å²) in [5, 5.41) is 16.1. The number of rotatable bonds is 5. The first-order valence-corrected chi connectivity index (χ1v) is 11.8. The SMILES string of the molecule is C=CC(=O)Nc1cc2c(Nc3cccc(C#N)c3)ncnc2cc1C#CC(C)(C)N1CCN(C)CC1. The van der Waals surface area contributed by atoms with Crippen LogP contribution in [0.15, 0.2) is 55.4 Å². The Kier molecular flexibility index (Phi) is 7.30. The molecule has 0 bridgehead atoms. The molecule has 1 saturated heterocycles. The summed E-state index contributed by atoms with van der Waals surface area (Å²) in [4.78, 5) is 25.8. The number of carbonyl (C=O) groups excluding carboxylic acids is 1. The van der Waals surface area contributed by atoms with Gasteiger partial charge in [-0.25, -0.2) is 9.97 Å². The minimum atomic E-state index is -0.333. The lowest BCUT2D eigenvalue weighted by Gasteiger charge is -2.40. The molecule has 1 fully saturated rings. The van der Waals surface area contributed by atoms with Crippen LogP contribution in [0.2, 0.25) is 0 Å². The molecular formula is C28H29N7O. The third kappa shape index (κ3) is 5.69. The van der Waals surface area contributed by atoms with E-state index >= 15 is 0 Å². The second kappa shape index (κ2) is 10.6. The predicted octanol–water partition coefficient (Wildman–Crippen LogP) is 3.75. The van der Waals surface area contributed by atoms with Crippen LogP contribution in [0.3, 0.4) is 0 Å². The van der Waals surface area contributed by atoms with Crippen molar-refractivity contribution in [2.45, 2.75) is 19.4 Å². The molecule has 0 unspecified atom stereocenters. The van der Waals surface area contributed by atoms with Crippen molar-refractivity contribution in [1.82, 2.24) is 19.8 Å². The van der Waals surface area contributed by atoms with E-state index in [1.807, 2.05) is 18.2 Å². The summed E-state index contributed by atoms with van der Waals surface area (Å²) in [5.74, 6) is 6.94. The molecule has 0 radical (unpaired) electrons. The van der Waals surface area contributed by atoms with E-state index in [0.717, 1.165) is 31.9 Å². The van der Waals surface area contributed by atoms with Gasteiger partial charge in [-0.3, -0.25) is 9.69 Å². The van der Waals surface area contributed by atoms with Gasteiger partial charge in [-0.2, -0.15) is 5.26 Å². The summed E-state index contributed by atoms with van der Waals surface area (Å²) < 4.78 is 0. The molecule has 4 rings (SSSR count). The number of piperazine rings is 1. The van der Waals surface area contributed by atoms with E-state index in [4.69, 9.17) is 0 Å². The molecule has 0 aliphatic carbocycles. The summed E-state index contributed by atoms with van der Waals surface area (Å²) in [6, 6.07) is 13.0. The van der Waals surface area contributed by atoms with E-state index in [0.29, 0.717) is 33.5 Å². The quantitative estimate of drug-likeness (QED) is 0.425. The van der Waals surface area contributed by atoms with Crippen LogP contribution in [-0.4, -0.2) is 64.4 Å². The van der Waals surface area contributed by atoms with Gasteiger partial charge in [0.2, 0.25) is 5.91 Å². The number of nitriles is 1. The van der Waals surface area contributed by atoms with E-state index in [2.05, 4.69) is 75.8 Å². The minimum Gasteiger partial charge on any atom is -0.340 e. The number of carbonyl (C=O) groups is 1. The highest BCUT2D eigenvalue weighted by atomic mass is 16.1. The normalized spacial score (nSPS) is 14.4. The number of nitrogens with zero attached hydrogens (tertiary/aromatic N) is 5. The van der Waals surface area contributed by atoms with Crippen molar-refractivity contribution in [3.63, 3.8) is 0 Å². The van der Waals surface area contributed by atoms with Crippen LogP contribution < -0.4 is 10.6 Å². The van der Waals surface area contributed by atoms with Crippen LogP contribution in [0.4, 0.5) is 17.2 Å². The number of benzene rings is 2. The minimum absolute atomic E-state index is 0.330. The van der Waals surface area contributed by atoms with Crippen molar-refractivity contribution in [3.05, 3.63) is 66.5 Å². The lowest BCUT2D eigenvalue weighted by atomic mass is 10.0. The van der Waals surface area contributed by atoms with Crippen molar-refractivity contribution >= 4 is 34.0 Å². The van der Waals surface area contributed by atoms with E-state index < -0.39 is 0 Å². The van der Waals surface area contributed by atoms with Crippen LogP contribution >= 0.6 is 0 Å². The summed E-state index contributed by atoms with van der Waals surface area (Å²) in [7, 11) is 2.13. The molecule has 182 valence electrons. The molecule has 8 heteroatoms. The number of aromatic nitrogens is 2. The first-order chi connectivity index (χ1) is 17.3. The Morgan fingerprint density at radius 1 is 1.17 bits per heavy atom. The second-order valence-electron chi connectivity index (χ2n) is 9.25. The fourth-order valence-corrected chi connectivity index (χ4v) is 4.06. The van der Waals surface area contributed by atoms with Crippen LogP contribution in [0, 0.1) is 23.2 Å². The van der Waals surface area contributed by atoms with Gasteiger partial charge in [-0.1, -0.05) is 24.5 Å². The molecule has 0 spiro atoms. The standard InChI is InChI=1S/C28H29N7O/c1-5-26(36)33-24-17-23-25(30-19-31-27(23)32-22-8-6-7-20(15-22)18-29)16-21(24)9-10-28(2,3)35-13-11-34(4)12-14-35/h5-8,15-17,19H,1,11-14H2,2-4H3,(H,33,36)(H,30,31,32). The van der Waals surface area contributed by atoms with E-state index in [1.165, 1.54) is 12.4 Å². The highest BCUT2D eigenvalue weighted by molar-refractivity contribution is 6.03. The molecule has 1 amide bonds. The van der Waals surface area contributed by atoms with Crippen molar-refractivity contribution in [3.8, 4) is 17.9 Å². The zero-order valence-electron chi connectivity index (χ0n) is 20.8. The van der Waals surface area contributed by atoms with Crippen LogP contribution in [0.5, 0.6) is 0 Å². The van der Waals surface area contributed by atoms with Gasteiger partial charge in [-0.15, -0.1) is 0 Å².